The van der Waals surface area contributed by atoms with Crippen LogP contribution in [0.1, 0.15) is 30.4 Å². The summed E-state index contributed by atoms with van der Waals surface area (Å²) in [6.45, 7) is 1.94. The molecular weight excluding hydrogens is 413 g/mol. The molecule has 2 aliphatic rings. The van der Waals surface area contributed by atoms with Crippen molar-refractivity contribution in [3.63, 3.8) is 0 Å². The average Bonchev–Trinajstić information content (AvgIpc) is 3.07. The largest absolute Gasteiger partial charge is 0.490 e. The number of fused-ring (bicyclic) bond motifs is 2. The summed E-state index contributed by atoms with van der Waals surface area (Å²) >= 11 is 0. The Hall–Kier alpha value is -2.94. The van der Waals surface area contributed by atoms with Crippen LogP contribution in [0.2, 0.25) is 0 Å². The van der Waals surface area contributed by atoms with Crippen LogP contribution in [0.25, 0.3) is 11.1 Å². The van der Waals surface area contributed by atoms with Crippen LogP contribution in [0.3, 0.4) is 0 Å². The molecule has 166 valence electrons. The Balaban J connectivity index is 0.000000339. The standard InChI is InChI=1S/C20H22N2O2.C2HF3O2/c23-19(24)14-22-11-7-20(8-12-22)6-3-17-13-16(1-2-18(17)20)15-4-9-21-10-5-15;3-2(4,5)1(6)7/h1-2,4-5,9-10,13H,3,6-8,11-12,14H2,(H,23,24);(H,6,7). The number of benzene rings is 1. The molecule has 1 aliphatic carbocycles. The molecule has 0 atom stereocenters. The molecule has 2 N–H and O–H groups in total. The fourth-order valence-electron chi connectivity index (χ4n) is 4.40. The van der Waals surface area contributed by atoms with Crippen molar-refractivity contribution in [3.8, 4) is 11.1 Å². The van der Waals surface area contributed by atoms with Crippen LogP contribution in [0.5, 0.6) is 0 Å². The Kier molecular flexibility index (Phi) is 6.64. The number of halogens is 3. The molecule has 0 unspecified atom stereocenters. The van der Waals surface area contributed by atoms with Gasteiger partial charge in [0.15, 0.2) is 0 Å². The third-order valence-electron chi connectivity index (χ3n) is 5.98. The second kappa shape index (κ2) is 9.05. The Labute approximate surface area is 177 Å². The van der Waals surface area contributed by atoms with Gasteiger partial charge < -0.3 is 10.2 Å². The van der Waals surface area contributed by atoms with Gasteiger partial charge in [-0.15, -0.1) is 0 Å². The van der Waals surface area contributed by atoms with Gasteiger partial charge >= 0.3 is 18.1 Å². The number of pyridine rings is 1. The van der Waals surface area contributed by atoms with Gasteiger partial charge in [-0.05, 0) is 78.6 Å². The zero-order valence-electron chi connectivity index (χ0n) is 16.7. The highest BCUT2D eigenvalue weighted by molar-refractivity contribution is 5.73. The van der Waals surface area contributed by atoms with E-state index in [9.17, 15) is 18.0 Å². The Morgan fingerprint density at radius 1 is 1.00 bits per heavy atom. The summed E-state index contributed by atoms with van der Waals surface area (Å²) in [4.78, 5) is 26.0. The van der Waals surface area contributed by atoms with E-state index < -0.39 is 18.1 Å². The molecule has 1 aliphatic heterocycles. The molecule has 2 heterocycles. The number of likely N-dealkylation sites (tertiary alicyclic amines) is 1. The van der Waals surface area contributed by atoms with Gasteiger partial charge in [-0.1, -0.05) is 18.2 Å². The van der Waals surface area contributed by atoms with E-state index in [0.29, 0.717) is 0 Å². The van der Waals surface area contributed by atoms with Crippen LogP contribution < -0.4 is 0 Å². The van der Waals surface area contributed by atoms with Crippen molar-refractivity contribution in [1.82, 2.24) is 9.88 Å². The minimum atomic E-state index is -5.08. The summed E-state index contributed by atoms with van der Waals surface area (Å²) < 4.78 is 31.7. The van der Waals surface area contributed by atoms with E-state index >= 15 is 0 Å². The lowest BCUT2D eigenvalue weighted by molar-refractivity contribution is -0.192. The molecule has 31 heavy (non-hydrogen) atoms. The molecule has 1 aromatic heterocycles. The van der Waals surface area contributed by atoms with Gasteiger partial charge in [0.25, 0.3) is 0 Å². The highest BCUT2D eigenvalue weighted by Gasteiger charge is 2.41. The van der Waals surface area contributed by atoms with Crippen LogP contribution in [-0.2, 0) is 21.4 Å². The molecule has 0 saturated carbocycles. The van der Waals surface area contributed by atoms with Gasteiger partial charge in [0.1, 0.15) is 0 Å². The number of hydrogen-bond donors (Lipinski definition) is 2. The van der Waals surface area contributed by atoms with E-state index in [4.69, 9.17) is 15.0 Å². The van der Waals surface area contributed by atoms with Crippen molar-refractivity contribution >= 4 is 11.9 Å². The molecule has 2 aromatic rings. The maximum atomic E-state index is 10.9. The Morgan fingerprint density at radius 3 is 2.16 bits per heavy atom. The molecule has 0 amide bonds. The number of hydrogen-bond acceptors (Lipinski definition) is 4. The zero-order valence-corrected chi connectivity index (χ0v) is 16.7. The summed E-state index contributed by atoms with van der Waals surface area (Å²) in [5, 5.41) is 16.1. The number of alkyl halides is 3. The normalized spacial score (nSPS) is 17.5. The molecule has 1 fully saturated rings. The lowest BCUT2D eigenvalue weighted by atomic mass is 9.73. The fraction of sp³-hybridized carbons (Fsp3) is 0.409. The number of carboxylic acids is 2. The van der Waals surface area contributed by atoms with Gasteiger partial charge in [-0.2, -0.15) is 13.2 Å². The smallest absolute Gasteiger partial charge is 0.480 e. The van der Waals surface area contributed by atoms with Crippen molar-refractivity contribution in [1.29, 1.82) is 0 Å². The first-order valence-corrected chi connectivity index (χ1v) is 9.89. The topological polar surface area (TPSA) is 90.7 Å². The van der Waals surface area contributed by atoms with Crippen molar-refractivity contribution in [3.05, 3.63) is 53.9 Å². The maximum absolute atomic E-state index is 10.9. The fourth-order valence-corrected chi connectivity index (χ4v) is 4.40. The van der Waals surface area contributed by atoms with Crippen LogP contribution in [0.4, 0.5) is 13.2 Å². The Morgan fingerprint density at radius 2 is 1.61 bits per heavy atom. The molecule has 1 spiro atoms. The van der Waals surface area contributed by atoms with Crippen LogP contribution in [-0.4, -0.2) is 57.8 Å². The van der Waals surface area contributed by atoms with Gasteiger partial charge in [-0.3, -0.25) is 14.7 Å². The van der Waals surface area contributed by atoms with Crippen molar-refractivity contribution in [2.45, 2.75) is 37.3 Å². The second-order valence-electron chi connectivity index (χ2n) is 7.86. The number of nitrogens with zero attached hydrogens (tertiary/aromatic N) is 2. The molecule has 6 nitrogen and oxygen atoms in total. The van der Waals surface area contributed by atoms with E-state index in [0.717, 1.165) is 32.4 Å². The lowest BCUT2D eigenvalue weighted by Gasteiger charge is -2.39. The first-order valence-electron chi connectivity index (χ1n) is 9.89. The number of aromatic nitrogens is 1. The molecule has 1 saturated heterocycles. The third-order valence-corrected chi connectivity index (χ3v) is 5.98. The molecule has 1 aromatic carbocycles. The zero-order chi connectivity index (χ0) is 22.6. The highest BCUT2D eigenvalue weighted by Crippen LogP contribution is 2.47. The van der Waals surface area contributed by atoms with Gasteiger partial charge in [0, 0.05) is 12.4 Å². The molecule has 4 rings (SSSR count). The molecule has 0 radical (unpaired) electrons. The summed E-state index contributed by atoms with van der Waals surface area (Å²) in [6.07, 6.45) is 3.06. The average molecular weight is 436 g/mol. The molecule has 0 bridgehead atoms. The van der Waals surface area contributed by atoms with Crippen molar-refractivity contribution < 1.29 is 33.0 Å². The quantitative estimate of drug-likeness (QED) is 0.762. The van der Waals surface area contributed by atoms with E-state index in [1.165, 1.54) is 28.7 Å². The van der Waals surface area contributed by atoms with E-state index in [1.54, 1.807) is 0 Å². The first-order chi connectivity index (χ1) is 14.6. The summed E-state index contributed by atoms with van der Waals surface area (Å²) in [6, 6.07) is 11.0. The number of carboxylic acid groups (broad SMARTS) is 2. The van der Waals surface area contributed by atoms with Crippen molar-refractivity contribution in [2.75, 3.05) is 19.6 Å². The molecular formula is C22H23F3N2O4. The minimum Gasteiger partial charge on any atom is -0.480 e. The monoisotopic (exact) mass is 436 g/mol. The number of aryl methyl sites for hydroxylation is 1. The van der Waals surface area contributed by atoms with Crippen LogP contribution in [0, 0.1) is 0 Å². The first kappa shape index (κ1) is 22.7. The minimum absolute atomic E-state index is 0.171. The summed E-state index contributed by atoms with van der Waals surface area (Å²) in [5.41, 5.74) is 5.70. The number of piperidine rings is 1. The number of rotatable bonds is 3. The van der Waals surface area contributed by atoms with E-state index in [2.05, 4.69) is 40.2 Å². The van der Waals surface area contributed by atoms with Crippen LogP contribution >= 0.6 is 0 Å². The number of aliphatic carboxylic acids is 2. The second-order valence-corrected chi connectivity index (χ2v) is 7.86. The van der Waals surface area contributed by atoms with E-state index in [1.807, 2.05) is 12.4 Å². The summed E-state index contributed by atoms with van der Waals surface area (Å²) in [5.74, 6) is -3.48. The molecule has 9 heteroatoms. The predicted molar refractivity (Wildman–Crippen MR) is 107 cm³/mol. The lowest BCUT2D eigenvalue weighted by Crippen LogP contribution is -2.43. The predicted octanol–water partition coefficient (Wildman–Crippen LogP) is 3.75. The van der Waals surface area contributed by atoms with Gasteiger partial charge in [-0.25, -0.2) is 4.79 Å². The van der Waals surface area contributed by atoms with Gasteiger partial charge in [0.2, 0.25) is 0 Å². The van der Waals surface area contributed by atoms with E-state index in [-0.39, 0.29) is 12.0 Å². The Bertz CT molecular complexity index is 940. The van der Waals surface area contributed by atoms with Gasteiger partial charge in [0.05, 0.1) is 6.54 Å². The highest BCUT2D eigenvalue weighted by atomic mass is 19.4. The summed E-state index contributed by atoms with van der Waals surface area (Å²) in [7, 11) is 0. The SMILES string of the molecule is O=C(O)C(F)(F)F.O=C(O)CN1CCC2(CCc3cc(-c4ccncc4)ccc32)CC1. The maximum Gasteiger partial charge on any atom is 0.490 e. The number of carbonyl (C=O) groups is 2. The third kappa shape index (κ3) is 5.41. The van der Waals surface area contributed by atoms with Crippen molar-refractivity contribution in [2.24, 2.45) is 0 Å². The van der Waals surface area contributed by atoms with Crippen LogP contribution in [0.15, 0.2) is 42.7 Å².